The van der Waals surface area contributed by atoms with Crippen molar-refractivity contribution < 1.29 is 4.52 Å². The van der Waals surface area contributed by atoms with E-state index in [4.69, 9.17) is 5.73 Å². The van der Waals surface area contributed by atoms with Gasteiger partial charge in [-0.3, -0.25) is 0 Å². The predicted octanol–water partition coefficient (Wildman–Crippen LogP) is 0.398. The van der Waals surface area contributed by atoms with Gasteiger partial charge in [-0.15, -0.1) is 5.10 Å². The summed E-state index contributed by atoms with van der Waals surface area (Å²) in [5.74, 6) is 0.699. The van der Waals surface area contributed by atoms with Gasteiger partial charge in [0.15, 0.2) is 5.76 Å². The van der Waals surface area contributed by atoms with Crippen LogP contribution in [0.15, 0.2) is 4.52 Å². The zero-order chi connectivity index (χ0) is 6.85. The Morgan fingerprint density at radius 1 is 1.67 bits per heavy atom. The molecule has 0 saturated carbocycles. The van der Waals surface area contributed by atoms with Crippen LogP contribution >= 0.6 is 0 Å². The highest BCUT2D eigenvalue weighted by Gasteiger charge is 2.08. The van der Waals surface area contributed by atoms with Crippen LogP contribution < -0.4 is 5.73 Å². The van der Waals surface area contributed by atoms with Crippen molar-refractivity contribution in [2.75, 3.05) is 0 Å². The van der Waals surface area contributed by atoms with Crippen LogP contribution in [0.4, 0.5) is 0 Å². The molecule has 0 radical (unpaired) electrons. The molecule has 0 aliphatic heterocycles. The van der Waals surface area contributed by atoms with E-state index in [2.05, 4.69) is 14.9 Å². The lowest BCUT2D eigenvalue weighted by atomic mass is 10.2. The van der Waals surface area contributed by atoms with Crippen LogP contribution in [0.25, 0.3) is 0 Å². The van der Waals surface area contributed by atoms with Crippen LogP contribution in [0.5, 0.6) is 0 Å². The monoisotopic (exact) mass is 127 g/mol. The number of hydrogen-bond acceptors (Lipinski definition) is 4. The highest BCUT2D eigenvalue weighted by Crippen LogP contribution is 2.09. The second-order valence-electron chi connectivity index (χ2n) is 2.00. The number of nitrogens with two attached hydrogens (primary N) is 1. The quantitative estimate of drug-likeness (QED) is 0.593. The maximum absolute atomic E-state index is 5.50. The van der Waals surface area contributed by atoms with Gasteiger partial charge in [0.1, 0.15) is 5.69 Å². The molecule has 1 aromatic heterocycles. The zero-order valence-corrected chi connectivity index (χ0v) is 5.46. The first-order valence-electron chi connectivity index (χ1n) is 2.76. The molecule has 1 atom stereocenters. The third-order valence-electron chi connectivity index (χ3n) is 1.12. The maximum Gasteiger partial charge on any atom is 0.158 e. The summed E-state index contributed by atoms with van der Waals surface area (Å²) >= 11 is 0. The number of hydrogen-bond donors (Lipinski definition) is 1. The fraction of sp³-hybridized carbons (Fsp3) is 0.600. The lowest BCUT2D eigenvalue weighted by molar-refractivity contribution is 0.373. The van der Waals surface area contributed by atoms with Crippen LogP contribution in [0, 0.1) is 6.92 Å². The average molecular weight is 127 g/mol. The average Bonchev–Trinajstić information content (AvgIpc) is 2.13. The molecule has 1 aromatic rings. The van der Waals surface area contributed by atoms with Crippen molar-refractivity contribution in [3.8, 4) is 0 Å². The van der Waals surface area contributed by atoms with Crippen LogP contribution in [-0.2, 0) is 0 Å². The minimum absolute atomic E-state index is 0.0868. The van der Waals surface area contributed by atoms with Crippen molar-refractivity contribution in [3.05, 3.63) is 11.5 Å². The molecule has 1 heterocycles. The first-order chi connectivity index (χ1) is 4.22. The number of aromatic nitrogens is 2. The Morgan fingerprint density at radius 3 is 2.56 bits per heavy atom. The van der Waals surface area contributed by atoms with Crippen molar-refractivity contribution in [2.24, 2.45) is 5.73 Å². The summed E-state index contributed by atoms with van der Waals surface area (Å²) in [6.07, 6.45) is 0. The molecule has 9 heavy (non-hydrogen) atoms. The number of nitrogens with zero attached hydrogens (tertiary/aromatic N) is 2. The van der Waals surface area contributed by atoms with Gasteiger partial charge in [0.2, 0.25) is 0 Å². The smallest absolute Gasteiger partial charge is 0.158 e. The van der Waals surface area contributed by atoms with E-state index in [0.29, 0.717) is 5.76 Å². The molecule has 0 saturated heterocycles. The van der Waals surface area contributed by atoms with Crippen LogP contribution in [0.3, 0.4) is 0 Å². The molecule has 0 fully saturated rings. The van der Waals surface area contributed by atoms with Gasteiger partial charge >= 0.3 is 0 Å². The molecular formula is C5H9N3O. The second kappa shape index (κ2) is 2.14. The molecule has 1 unspecified atom stereocenters. The van der Waals surface area contributed by atoms with Gasteiger partial charge in [-0.05, 0) is 13.8 Å². The molecule has 0 bridgehead atoms. The molecule has 4 nitrogen and oxygen atoms in total. The number of aryl methyl sites for hydroxylation is 1. The van der Waals surface area contributed by atoms with Crippen LogP contribution in [0.2, 0.25) is 0 Å². The lowest BCUT2D eigenvalue weighted by Crippen LogP contribution is -2.06. The van der Waals surface area contributed by atoms with Gasteiger partial charge in [-0.25, -0.2) is 0 Å². The summed E-state index contributed by atoms with van der Waals surface area (Å²) in [6.45, 7) is 3.63. The van der Waals surface area contributed by atoms with Crippen LogP contribution in [0.1, 0.15) is 24.4 Å². The Kier molecular flexibility index (Phi) is 1.48. The zero-order valence-electron chi connectivity index (χ0n) is 5.46. The molecule has 0 aromatic carbocycles. The van der Waals surface area contributed by atoms with E-state index in [1.807, 2.05) is 6.92 Å². The van der Waals surface area contributed by atoms with Gasteiger partial charge < -0.3 is 10.3 Å². The highest BCUT2D eigenvalue weighted by atomic mass is 16.5. The van der Waals surface area contributed by atoms with E-state index in [9.17, 15) is 0 Å². The van der Waals surface area contributed by atoms with Crippen molar-refractivity contribution in [1.29, 1.82) is 0 Å². The molecule has 0 spiro atoms. The van der Waals surface area contributed by atoms with E-state index >= 15 is 0 Å². The minimum atomic E-state index is -0.0868. The van der Waals surface area contributed by atoms with Crippen molar-refractivity contribution in [1.82, 2.24) is 10.4 Å². The van der Waals surface area contributed by atoms with E-state index in [-0.39, 0.29) is 6.04 Å². The molecule has 0 aliphatic carbocycles. The minimum Gasteiger partial charge on any atom is -0.342 e. The first-order valence-corrected chi connectivity index (χ1v) is 2.76. The summed E-state index contributed by atoms with van der Waals surface area (Å²) in [6, 6.07) is -0.0868. The molecule has 0 amide bonds. The van der Waals surface area contributed by atoms with Gasteiger partial charge in [0, 0.05) is 11.3 Å². The standard InChI is InChI=1S/C5H9N3O/c1-3(6)5-4(2)9-8-7-5/h3H,6H2,1-2H3. The van der Waals surface area contributed by atoms with Crippen LogP contribution in [-0.4, -0.2) is 10.4 Å². The fourth-order valence-corrected chi connectivity index (χ4v) is 0.654. The highest BCUT2D eigenvalue weighted by molar-refractivity contribution is 5.06. The summed E-state index contributed by atoms with van der Waals surface area (Å²) in [7, 11) is 0. The van der Waals surface area contributed by atoms with E-state index in [1.165, 1.54) is 0 Å². The molecule has 50 valence electrons. The van der Waals surface area contributed by atoms with Crippen molar-refractivity contribution >= 4 is 0 Å². The fourth-order valence-electron chi connectivity index (χ4n) is 0.654. The molecule has 2 N–H and O–H groups in total. The normalized spacial score (nSPS) is 13.7. The topological polar surface area (TPSA) is 64.9 Å². The van der Waals surface area contributed by atoms with Gasteiger partial charge in [-0.1, -0.05) is 0 Å². The first kappa shape index (κ1) is 6.22. The summed E-state index contributed by atoms with van der Waals surface area (Å²) < 4.78 is 4.68. The van der Waals surface area contributed by atoms with Crippen molar-refractivity contribution in [2.45, 2.75) is 19.9 Å². The third kappa shape index (κ3) is 1.08. The maximum atomic E-state index is 5.50. The number of rotatable bonds is 1. The van der Waals surface area contributed by atoms with Gasteiger partial charge in [-0.2, -0.15) is 0 Å². The molecule has 4 heteroatoms. The Labute approximate surface area is 53.0 Å². The van der Waals surface area contributed by atoms with Gasteiger partial charge in [0.25, 0.3) is 0 Å². The Bertz CT molecular complexity index is 194. The largest absolute Gasteiger partial charge is 0.342 e. The Balaban J connectivity index is 2.94. The summed E-state index contributed by atoms with van der Waals surface area (Å²) in [5.41, 5.74) is 6.23. The van der Waals surface area contributed by atoms with Crippen molar-refractivity contribution in [3.63, 3.8) is 0 Å². The SMILES string of the molecule is Cc1onnc1C(C)N. The van der Waals surface area contributed by atoms with E-state index in [0.717, 1.165) is 5.69 Å². The molecule has 1 rings (SSSR count). The summed E-state index contributed by atoms with van der Waals surface area (Å²) in [4.78, 5) is 0. The molecule has 0 aliphatic rings. The van der Waals surface area contributed by atoms with Gasteiger partial charge in [0.05, 0.1) is 0 Å². The lowest BCUT2D eigenvalue weighted by Gasteiger charge is -1.95. The second-order valence-corrected chi connectivity index (χ2v) is 2.00. The Morgan fingerprint density at radius 2 is 2.33 bits per heavy atom. The van der Waals surface area contributed by atoms with E-state index < -0.39 is 0 Å². The molecular weight excluding hydrogens is 118 g/mol. The Hall–Kier alpha value is -0.900. The third-order valence-corrected chi connectivity index (χ3v) is 1.12. The van der Waals surface area contributed by atoms with E-state index in [1.54, 1.807) is 6.92 Å². The predicted molar refractivity (Wildman–Crippen MR) is 31.6 cm³/mol. The summed E-state index contributed by atoms with van der Waals surface area (Å²) in [5, 5.41) is 7.01.